The Morgan fingerprint density at radius 2 is 0.935 bits per heavy atom. The van der Waals surface area contributed by atoms with Crippen LogP contribution in [0.2, 0.25) is 19.6 Å². The van der Waals surface area contributed by atoms with E-state index < -0.39 is 8.07 Å². The molecule has 0 radical (unpaired) electrons. The van der Waals surface area contributed by atoms with Gasteiger partial charge in [0.15, 0.2) is 0 Å². The molecular weight excluding hydrogens is 577 g/mol. The van der Waals surface area contributed by atoms with E-state index in [2.05, 4.69) is 169 Å². The molecule has 222 valence electrons. The number of aromatic nitrogens is 4. The lowest BCUT2D eigenvalue weighted by Gasteiger charge is -2.23. The minimum atomic E-state index is -1.67. The van der Waals surface area contributed by atoms with Gasteiger partial charge in [-0.3, -0.25) is 0 Å². The summed E-state index contributed by atoms with van der Waals surface area (Å²) in [6, 6.07) is 41.4. The van der Waals surface area contributed by atoms with Gasteiger partial charge in [-0.1, -0.05) is 97.6 Å². The molecule has 3 aromatic carbocycles. The van der Waals surface area contributed by atoms with E-state index in [0.29, 0.717) is 0 Å². The molecule has 3 aromatic heterocycles. The highest BCUT2D eigenvalue weighted by Gasteiger charge is 2.24. The summed E-state index contributed by atoms with van der Waals surface area (Å²) >= 11 is 0. The summed E-state index contributed by atoms with van der Waals surface area (Å²) in [7, 11) is -1.67. The van der Waals surface area contributed by atoms with Gasteiger partial charge in [-0.2, -0.15) is 0 Å². The molecule has 0 atom stereocenters. The van der Waals surface area contributed by atoms with Crippen LogP contribution in [0.3, 0.4) is 0 Å². The maximum Gasteiger partial charge on any atom is 0.0776 e. The molecule has 2 aliphatic rings. The van der Waals surface area contributed by atoms with Gasteiger partial charge in [-0.15, -0.1) is 0 Å². The summed E-state index contributed by atoms with van der Waals surface area (Å²) in [5.41, 5.74) is 14.9. The number of aromatic amines is 2. The third-order valence-corrected chi connectivity index (χ3v) is 10.6. The van der Waals surface area contributed by atoms with Crippen molar-refractivity contribution in [1.29, 1.82) is 0 Å². The number of fused-ring (bicyclic) bond motifs is 8. The molecule has 5 heteroatoms. The Kier molecular flexibility index (Phi) is 6.77. The second-order valence-corrected chi connectivity index (χ2v) is 18.1. The number of nitrogens with one attached hydrogen (secondary N) is 2. The Hall–Kier alpha value is -5.52. The molecular formula is C41H34N4Si. The fourth-order valence-corrected chi connectivity index (χ4v) is 7.44. The van der Waals surface area contributed by atoms with E-state index >= 15 is 0 Å². The Morgan fingerprint density at radius 3 is 1.43 bits per heavy atom. The molecule has 0 saturated heterocycles. The fraction of sp³-hybridized carbons (Fsp3) is 0.0732. The molecule has 5 heterocycles. The van der Waals surface area contributed by atoms with Crippen molar-refractivity contribution in [2.45, 2.75) is 19.6 Å². The van der Waals surface area contributed by atoms with Gasteiger partial charge in [0.25, 0.3) is 0 Å². The van der Waals surface area contributed by atoms with Crippen molar-refractivity contribution in [3.63, 3.8) is 0 Å². The number of hydrogen-bond donors (Lipinski definition) is 2. The number of hydrogen-bond acceptors (Lipinski definition) is 2. The molecule has 0 aliphatic carbocycles. The predicted octanol–water partition coefficient (Wildman–Crippen LogP) is 10.2. The molecule has 0 spiro atoms. The summed E-state index contributed by atoms with van der Waals surface area (Å²) in [5, 5.41) is 1.43. The average Bonchev–Trinajstić information content (AvgIpc) is 3.87. The third-order valence-electron chi connectivity index (χ3n) is 8.61. The largest absolute Gasteiger partial charge is 0.355 e. The van der Waals surface area contributed by atoms with Gasteiger partial charge in [-0.05, 0) is 94.6 Å². The van der Waals surface area contributed by atoms with Crippen molar-refractivity contribution in [2.75, 3.05) is 0 Å². The molecule has 2 N–H and O–H groups in total. The third kappa shape index (κ3) is 5.46. The van der Waals surface area contributed by atoms with E-state index in [-0.39, 0.29) is 0 Å². The van der Waals surface area contributed by atoms with Crippen molar-refractivity contribution >= 4 is 59.6 Å². The maximum absolute atomic E-state index is 4.98. The van der Waals surface area contributed by atoms with Crippen molar-refractivity contribution in [3.05, 3.63) is 138 Å². The highest BCUT2D eigenvalue weighted by molar-refractivity contribution is 6.88. The Balaban J connectivity index is 1.49. The van der Waals surface area contributed by atoms with Crippen molar-refractivity contribution in [2.24, 2.45) is 0 Å². The van der Waals surface area contributed by atoms with Crippen molar-refractivity contribution in [1.82, 2.24) is 19.9 Å². The number of nitrogens with zero attached hydrogens (tertiary/aromatic N) is 2. The minimum absolute atomic E-state index is 0.904. The van der Waals surface area contributed by atoms with Gasteiger partial charge < -0.3 is 9.97 Å². The highest BCUT2D eigenvalue weighted by atomic mass is 28.3. The SMILES string of the molecule is C[Si](C)(C)c1cc(-c2ccccc2)c(-c2cc3cc4nc(cc5ccc(cc6nc(cc2[nH]3)C=C6)[nH]5)C=C4)c(-c2ccccc2)c1. The van der Waals surface area contributed by atoms with Crippen LogP contribution in [0.15, 0.2) is 115 Å². The predicted molar refractivity (Wildman–Crippen MR) is 198 cm³/mol. The van der Waals surface area contributed by atoms with E-state index in [1.54, 1.807) is 0 Å². The molecule has 0 amide bonds. The van der Waals surface area contributed by atoms with Gasteiger partial charge >= 0.3 is 0 Å². The summed E-state index contributed by atoms with van der Waals surface area (Å²) in [6.45, 7) is 7.27. The Labute approximate surface area is 269 Å². The molecule has 6 aromatic rings. The highest BCUT2D eigenvalue weighted by Crippen LogP contribution is 2.42. The first-order valence-electron chi connectivity index (χ1n) is 15.7. The van der Waals surface area contributed by atoms with E-state index in [9.17, 15) is 0 Å². The molecule has 8 rings (SSSR count). The topological polar surface area (TPSA) is 57.4 Å². The molecule has 4 nitrogen and oxygen atoms in total. The van der Waals surface area contributed by atoms with E-state index in [1.165, 1.54) is 33.0 Å². The molecule has 2 aliphatic heterocycles. The standard InChI is InChI=1S/C41H34N4Si/c1-46(2,3)36-25-37(27-10-6-4-7-11-27)41(38(26-36)28-12-8-5-9-13-28)39-23-35-22-33-17-16-31(43-33)20-29-14-15-30(42-29)21-32-18-19-34(44-32)24-40(39)45-35/h4-26,42,45H,1-3H3. The zero-order chi connectivity index (χ0) is 31.3. The molecule has 0 saturated carbocycles. The zero-order valence-corrected chi connectivity index (χ0v) is 27.2. The van der Waals surface area contributed by atoms with Crippen LogP contribution in [0.25, 0.3) is 79.8 Å². The van der Waals surface area contributed by atoms with Gasteiger partial charge in [-0.25, -0.2) is 9.97 Å². The first-order valence-corrected chi connectivity index (χ1v) is 19.2. The van der Waals surface area contributed by atoms with E-state index in [0.717, 1.165) is 50.4 Å². The summed E-state index contributed by atoms with van der Waals surface area (Å²) < 4.78 is 0. The van der Waals surface area contributed by atoms with E-state index in [4.69, 9.17) is 9.97 Å². The smallest absolute Gasteiger partial charge is 0.0776 e. The van der Waals surface area contributed by atoms with Gasteiger partial charge in [0, 0.05) is 27.6 Å². The van der Waals surface area contributed by atoms with Crippen LogP contribution in [0.1, 0.15) is 22.8 Å². The summed E-state index contributed by atoms with van der Waals surface area (Å²) in [5.74, 6) is 0. The number of benzene rings is 3. The minimum Gasteiger partial charge on any atom is -0.355 e. The van der Waals surface area contributed by atoms with Crippen LogP contribution in [0.4, 0.5) is 0 Å². The second-order valence-electron chi connectivity index (χ2n) is 13.0. The van der Waals surface area contributed by atoms with Crippen LogP contribution >= 0.6 is 0 Å². The van der Waals surface area contributed by atoms with Crippen molar-refractivity contribution in [3.8, 4) is 33.4 Å². The lowest BCUT2D eigenvalue weighted by molar-refractivity contribution is 1.31. The van der Waals surface area contributed by atoms with Gasteiger partial charge in [0.1, 0.15) is 0 Å². The lowest BCUT2D eigenvalue weighted by atomic mass is 9.88. The molecule has 46 heavy (non-hydrogen) atoms. The van der Waals surface area contributed by atoms with Crippen molar-refractivity contribution < 1.29 is 0 Å². The number of rotatable bonds is 4. The Bertz CT molecular complexity index is 2280. The summed E-state index contributed by atoms with van der Waals surface area (Å²) in [4.78, 5) is 17.1. The zero-order valence-electron chi connectivity index (χ0n) is 26.2. The normalized spacial score (nSPS) is 12.5. The van der Waals surface area contributed by atoms with Crippen LogP contribution in [-0.4, -0.2) is 28.0 Å². The van der Waals surface area contributed by atoms with Crippen LogP contribution < -0.4 is 5.19 Å². The van der Waals surface area contributed by atoms with Gasteiger partial charge in [0.05, 0.1) is 30.8 Å². The monoisotopic (exact) mass is 610 g/mol. The molecule has 8 bridgehead atoms. The van der Waals surface area contributed by atoms with Crippen LogP contribution in [0, 0.1) is 0 Å². The van der Waals surface area contributed by atoms with E-state index in [1.807, 2.05) is 0 Å². The fourth-order valence-electron chi connectivity index (χ4n) is 6.28. The number of H-pyrrole nitrogens is 2. The molecule has 0 unspecified atom stereocenters. The first-order chi connectivity index (χ1) is 22.4. The summed E-state index contributed by atoms with van der Waals surface area (Å²) in [6.07, 6.45) is 8.29. The average molecular weight is 611 g/mol. The second kappa shape index (κ2) is 11.1. The van der Waals surface area contributed by atoms with Crippen LogP contribution in [-0.2, 0) is 0 Å². The van der Waals surface area contributed by atoms with Gasteiger partial charge in [0.2, 0.25) is 0 Å². The Morgan fingerprint density at radius 1 is 0.457 bits per heavy atom. The molecule has 0 fully saturated rings. The maximum atomic E-state index is 4.98. The lowest BCUT2D eigenvalue weighted by Crippen LogP contribution is -2.37. The van der Waals surface area contributed by atoms with Crippen LogP contribution in [0.5, 0.6) is 0 Å². The first kappa shape index (κ1) is 28.0. The quantitative estimate of drug-likeness (QED) is 0.195.